The minimum atomic E-state index is 0.184. The number of aryl methyl sites for hydroxylation is 1. The molecule has 0 aliphatic rings. The first-order chi connectivity index (χ1) is 7.16. The topological polar surface area (TPSA) is 38.7 Å². The molecule has 0 aromatic carbocycles. The highest BCUT2D eigenvalue weighted by Crippen LogP contribution is 2.25. The highest BCUT2D eigenvalue weighted by Gasteiger charge is 2.07. The fourth-order valence-corrected chi connectivity index (χ4v) is 1.57. The van der Waals surface area contributed by atoms with Gasteiger partial charge in [0.15, 0.2) is 0 Å². The van der Waals surface area contributed by atoms with Gasteiger partial charge in [0.1, 0.15) is 0 Å². The molecule has 0 saturated carbocycles. The minimum absolute atomic E-state index is 0.184. The van der Waals surface area contributed by atoms with E-state index in [1.54, 1.807) is 6.20 Å². The van der Waals surface area contributed by atoms with Crippen molar-refractivity contribution in [3.63, 3.8) is 0 Å². The first-order valence-electron chi connectivity index (χ1n) is 4.28. The normalized spacial score (nSPS) is 10.3. The second-order valence-corrected chi connectivity index (χ2v) is 3.77. The summed E-state index contributed by atoms with van der Waals surface area (Å²) >= 11 is 11.7. The van der Waals surface area contributed by atoms with Crippen LogP contribution in [0, 0.1) is 6.92 Å². The number of halogens is 2. The van der Waals surface area contributed by atoms with Crippen LogP contribution in [-0.4, -0.2) is 15.0 Å². The lowest BCUT2D eigenvalue weighted by atomic mass is 10.1. The van der Waals surface area contributed by atoms with E-state index in [2.05, 4.69) is 15.0 Å². The van der Waals surface area contributed by atoms with E-state index in [1.165, 1.54) is 6.20 Å². The van der Waals surface area contributed by atoms with Gasteiger partial charge in [-0.25, -0.2) is 9.97 Å². The van der Waals surface area contributed by atoms with Crippen LogP contribution in [0.2, 0.25) is 10.3 Å². The molecule has 2 aromatic rings. The molecule has 0 radical (unpaired) electrons. The quantitative estimate of drug-likeness (QED) is 0.718. The Balaban J connectivity index is 2.58. The van der Waals surface area contributed by atoms with Gasteiger partial charge >= 0.3 is 0 Å². The number of hydrogen-bond acceptors (Lipinski definition) is 3. The lowest BCUT2D eigenvalue weighted by Crippen LogP contribution is -1.90. The molecule has 2 heterocycles. The van der Waals surface area contributed by atoms with Crippen LogP contribution in [0.25, 0.3) is 11.3 Å². The van der Waals surface area contributed by atoms with Gasteiger partial charge in [0, 0.05) is 17.5 Å². The molecule has 0 atom stereocenters. The van der Waals surface area contributed by atoms with Crippen molar-refractivity contribution < 1.29 is 0 Å². The Kier molecular flexibility index (Phi) is 2.84. The van der Waals surface area contributed by atoms with Crippen LogP contribution < -0.4 is 0 Å². The van der Waals surface area contributed by atoms with E-state index in [0.717, 1.165) is 11.3 Å². The summed E-state index contributed by atoms with van der Waals surface area (Å²) in [4.78, 5) is 12.0. The summed E-state index contributed by atoms with van der Waals surface area (Å²) in [5, 5.41) is 0.661. The van der Waals surface area contributed by atoms with Gasteiger partial charge in [-0.2, -0.15) is 0 Å². The highest BCUT2D eigenvalue weighted by molar-refractivity contribution is 6.33. The van der Waals surface area contributed by atoms with Crippen LogP contribution in [-0.2, 0) is 0 Å². The van der Waals surface area contributed by atoms with E-state index in [-0.39, 0.29) is 5.28 Å². The van der Waals surface area contributed by atoms with Crippen molar-refractivity contribution in [2.24, 2.45) is 0 Å². The molecule has 0 bridgehead atoms. The fourth-order valence-electron chi connectivity index (χ4n) is 1.24. The average Bonchev–Trinajstić information content (AvgIpc) is 2.22. The summed E-state index contributed by atoms with van der Waals surface area (Å²) < 4.78 is 0. The SMILES string of the molecule is Cc1cc(-c2nc(Cl)ncc2Cl)ccn1. The summed E-state index contributed by atoms with van der Waals surface area (Å²) in [6.45, 7) is 1.90. The lowest BCUT2D eigenvalue weighted by Gasteiger charge is -2.03. The maximum atomic E-state index is 5.98. The van der Waals surface area contributed by atoms with Crippen molar-refractivity contribution in [3.8, 4) is 11.3 Å². The Morgan fingerprint density at radius 3 is 2.73 bits per heavy atom. The van der Waals surface area contributed by atoms with E-state index < -0.39 is 0 Å². The number of nitrogens with zero attached hydrogens (tertiary/aromatic N) is 3. The number of aromatic nitrogens is 3. The van der Waals surface area contributed by atoms with E-state index in [9.17, 15) is 0 Å². The van der Waals surface area contributed by atoms with Crippen molar-refractivity contribution in [3.05, 3.63) is 40.5 Å². The van der Waals surface area contributed by atoms with Crippen molar-refractivity contribution in [2.45, 2.75) is 6.92 Å². The van der Waals surface area contributed by atoms with Gasteiger partial charge in [-0.15, -0.1) is 0 Å². The van der Waals surface area contributed by atoms with E-state index in [4.69, 9.17) is 23.2 Å². The Labute approximate surface area is 97.1 Å². The Morgan fingerprint density at radius 1 is 1.20 bits per heavy atom. The standard InChI is InChI=1S/C10H7Cl2N3/c1-6-4-7(2-3-13-6)9-8(11)5-14-10(12)15-9/h2-5H,1H3. The van der Waals surface area contributed by atoms with Crippen LogP contribution in [0.4, 0.5) is 0 Å². The van der Waals surface area contributed by atoms with Gasteiger partial charge in [0.25, 0.3) is 0 Å². The zero-order valence-corrected chi connectivity index (χ0v) is 9.42. The molecule has 0 amide bonds. The minimum Gasteiger partial charge on any atom is -0.262 e. The second kappa shape index (κ2) is 4.13. The fraction of sp³-hybridized carbons (Fsp3) is 0.100. The van der Waals surface area contributed by atoms with E-state index in [0.29, 0.717) is 10.7 Å². The van der Waals surface area contributed by atoms with Crippen LogP contribution in [0.1, 0.15) is 5.69 Å². The molecule has 0 fully saturated rings. The summed E-state index contributed by atoms with van der Waals surface area (Å²) in [6.07, 6.45) is 3.19. The Hall–Kier alpha value is -1.19. The van der Waals surface area contributed by atoms with Crippen molar-refractivity contribution in [1.82, 2.24) is 15.0 Å². The van der Waals surface area contributed by atoms with Gasteiger partial charge in [0.2, 0.25) is 5.28 Å². The molecule has 76 valence electrons. The number of hydrogen-bond donors (Lipinski definition) is 0. The molecular formula is C10H7Cl2N3. The molecule has 0 aliphatic heterocycles. The number of pyridine rings is 1. The van der Waals surface area contributed by atoms with Gasteiger partial charge in [0.05, 0.1) is 16.9 Å². The molecule has 2 aromatic heterocycles. The molecule has 0 spiro atoms. The summed E-state index contributed by atoms with van der Waals surface area (Å²) in [5.41, 5.74) is 2.41. The molecule has 3 nitrogen and oxygen atoms in total. The summed E-state index contributed by atoms with van der Waals surface area (Å²) in [7, 11) is 0. The largest absolute Gasteiger partial charge is 0.262 e. The Morgan fingerprint density at radius 2 is 2.00 bits per heavy atom. The predicted molar refractivity (Wildman–Crippen MR) is 60.0 cm³/mol. The molecule has 5 heteroatoms. The maximum Gasteiger partial charge on any atom is 0.222 e. The van der Waals surface area contributed by atoms with Crippen LogP contribution in [0.3, 0.4) is 0 Å². The summed E-state index contributed by atoms with van der Waals surface area (Å²) in [5.74, 6) is 0. The van der Waals surface area contributed by atoms with Crippen molar-refractivity contribution >= 4 is 23.2 Å². The Bertz CT molecular complexity index is 500. The predicted octanol–water partition coefficient (Wildman–Crippen LogP) is 3.15. The first kappa shape index (κ1) is 10.3. The average molecular weight is 240 g/mol. The molecule has 0 aliphatic carbocycles. The third kappa shape index (κ3) is 2.25. The zero-order chi connectivity index (χ0) is 10.8. The monoisotopic (exact) mass is 239 g/mol. The van der Waals surface area contributed by atoms with Crippen molar-refractivity contribution in [2.75, 3.05) is 0 Å². The number of rotatable bonds is 1. The van der Waals surface area contributed by atoms with Crippen LogP contribution >= 0.6 is 23.2 Å². The molecule has 0 saturated heterocycles. The van der Waals surface area contributed by atoms with Crippen molar-refractivity contribution in [1.29, 1.82) is 0 Å². The molecule has 2 rings (SSSR count). The molecular weight excluding hydrogens is 233 g/mol. The van der Waals surface area contributed by atoms with Crippen LogP contribution in [0.5, 0.6) is 0 Å². The van der Waals surface area contributed by atoms with Gasteiger partial charge in [-0.05, 0) is 30.7 Å². The third-order valence-corrected chi connectivity index (χ3v) is 2.34. The smallest absolute Gasteiger partial charge is 0.222 e. The van der Waals surface area contributed by atoms with Gasteiger partial charge in [-0.1, -0.05) is 11.6 Å². The van der Waals surface area contributed by atoms with Gasteiger partial charge < -0.3 is 0 Å². The molecule has 0 unspecified atom stereocenters. The van der Waals surface area contributed by atoms with E-state index >= 15 is 0 Å². The maximum absolute atomic E-state index is 5.98. The third-order valence-electron chi connectivity index (χ3n) is 1.88. The zero-order valence-electron chi connectivity index (χ0n) is 7.91. The molecule has 0 N–H and O–H groups in total. The molecule has 15 heavy (non-hydrogen) atoms. The van der Waals surface area contributed by atoms with Crippen LogP contribution in [0.15, 0.2) is 24.5 Å². The second-order valence-electron chi connectivity index (χ2n) is 3.02. The van der Waals surface area contributed by atoms with Gasteiger partial charge in [-0.3, -0.25) is 4.98 Å². The summed E-state index contributed by atoms with van der Waals surface area (Å²) in [6, 6.07) is 3.72. The first-order valence-corrected chi connectivity index (χ1v) is 5.03. The van der Waals surface area contributed by atoms with E-state index in [1.807, 2.05) is 19.1 Å². The lowest BCUT2D eigenvalue weighted by molar-refractivity contribution is 1.16. The highest BCUT2D eigenvalue weighted by atomic mass is 35.5.